The Hall–Kier alpha value is -3.44. The lowest BCUT2D eigenvalue weighted by molar-refractivity contribution is -0.645. The number of hydrogen-bond donors (Lipinski definition) is 3. The van der Waals surface area contributed by atoms with Crippen LogP contribution in [0.15, 0.2) is 78.0 Å². The molecule has 2 aromatic carbocycles. The lowest BCUT2D eigenvalue weighted by atomic mass is 10.0. The Morgan fingerprint density at radius 3 is 2.58 bits per heavy atom. The van der Waals surface area contributed by atoms with Crippen LogP contribution in [0.1, 0.15) is 54.8 Å². The minimum absolute atomic E-state index is 0.0438. The molecule has 4 rings (SSSR count). The van der Waals surface area contributed by atoms with Crippen molar-refractivity contribution in [1.82, 2.24) is 0 Å². The Balaban J connectivity index is 1.49. The summed E-state index contributed by atoms with van der Waals surface area (Å²) in [5.41, 5.74) is 3.04. The van der Waals surface area contributed by atoms with Crippen LogP contribution in [-0.4, -0.2) is 33.9 Å². The molecule has 0 spiro atoms. The molecule has 2 heterocycles. The molecule has 0 bridgehead atoms. The van der Waals surface area contributed by atoms with Gasteiger partial charge in [0.05, 0.1) is 18.8 Å². The largest absolute Gasteiger partial charge is 0.618 e. The van der Waals surface area contributed by atoms with E-state index in [1.165, 1.54) is 18.0 Å². The topological polar surface area (TPSA) is 132 Å². The van der Waals surface area contributed by atoms with Gasteiger partial charge >= 0.3 is 5.97 Å². The standard InChI is InChI=1S/C28H30N2O7S/c31-17-19-10-12-20(13-11-19)24-16-23(18-38-26-8-1-2-14-30(26)35)36-28(37-24)21-5-3-6-22(15-21)29-25(32)7-4-9-27(33)34/h1-3,5-6,8,10-15,23-24,28,31H,4,7,9,16-18H2,(H,29,32)(H,33,34)/t23-,24+,28+/m0/s1. The molecule has 0 radical (unpaired) electrons. The average Bonchev–Trinajstić information content (AvgIpc) is 2.92. The number of aliphatic hydroxyl groups excluding tert-OH is 1. The van der Waals surface area contributed by atoms with Crippen molar-refractivity contribution in [3.8, 4) is 0 Å². The Labute approximate surface area is 225 Å². The number of nitrogens with zero attached hydrogens (tertiary/aromatic N) is 1. The maximum absolute atomic E-state index is 12.3. The molecule has 200 valence electrons. The van der Waals surface area contributed by atoms with Gasteiger partial charge in [-0.05, 0) is 35.7 Å². The molecule has 1 fully saturated rings. The van der Waals surface area contributed by atoms with Crippen molar-refractivity contribution in [2.75, 3.05) is 11.1 Å². The number of anilines is 1. The summed E-state index contributed by atoms with van der Waals surface area (Å²) >= 11 is 1.41. The lowest BCUT2D eigenvalue weighted by Gasteiger charge is -2.36. The first-order valence-electron chi connectivity index (χ1n) is 12.3. The maximum Gasteiger partial charge on any atom is 0.303 e. The number of amides is 1. The van der Waals surface area contributed by atoms with Gasteiger partial charge in [-0.15, -0.1) is 0 Å². The Bertz CT molecular complexity index is 1240. The highest BCUT2D eigenvalue weighted by atomic mass is 32.2. The minimum atomic E-state index is -0.933. The summed E-state index contributed by atoms with van der Waals surface area (Å²) in [4.78, 5) is 23.0. The zero-order chi connectivity index (χ0) is 26.9. The van der Waals surface area contributed by atoms with E-state index in [1.54, 1.807) is 30.3 Å². The van der Waals surface area contributed by atoms with Gasteiger partial charge in [0.1, 0.15) is 0 Å². The first kappa shape index (κ1) is 27.6. The molecule has 0 aliphatic carbocycles. The normalized spacial score (nSPS) is 19.1. The summed E-state index contributed by atoms with van der Waals surface area (Å²) in [6.07, 6.45) is 1.13. The number of carbonyl (C=O) groups excluding carboxylic acids is 1. The highest BCUT2D eigenvalue weighted by Gasteiger charge is 2.33. The molecule has 1 saturated heterocycles. The van der Waals surface area contributed by atoms with Gasteiger partial charge in [0.25, 0.3) is 5.03 Å². The number of benzene rings is 2. The van der Waals surface area contributed by atoms with E-state index in [4.69, 9.17) is 14.6 Å². The van der Waals surface area contributed by atoms with Crippen molar-refractivity contribution in [1.29, 1.82) is 0 Å². The number of carboxylic acids is 1. The number of aliphatic hydroxyl groups is 1. The second-order valence-electron chi connectivity index (χ2n) is 8.95. The zero-order valence-electron chi connectivity index (χ0n) is 20.7. The van der Waals surface area contributed by atoms with Gasteiger partial charge in [0.15, 0.2) is 12.5 Å². The molecular formula is C28H30N2O7S. The number of hydrogen-bond acceptors (Lipinski definition) is 7. The first-order valence-corrected chi connectivity index (χ1v) is 13.3. The molecule has 9 nitrogen and oxygen atoms in total. The molecule has 1 aliphatic rings. The van der Waals surface area contributed by atoms with Gasteiger partial charge in [0.2, 0.25) is 5.91 Å². The van der Waals surface area contributed by atoms with Crippen LogP contribution >= 0.6 is 11.8 Å². The number of pyridine rings is 1. The second-order valence-corrected chi connectivity index (χ2v) is 9.99. The van der Waals surface area contributed by atoms with E-state index in [2.05, 4.69) is 5.32 Å². The van der Waals surface area contributed by atoms with Gasteiger partial charge < -0.3 is 30.2 Å². The van der Waals surface area contributed by atoms with E-state index < -0.39 is 12.3 Å². The first-order chi connectivity index (χ1) is 18.4. The zero-order valence-corrected chi connectivity index (χ0v) is 21.5. The number of nitrogens with one attached hydrogen (secondary N) is 1. The number of thioether (sulfide) groups is 1. The van der Waals surface area contributed by atoms with Gasteiger partial charge in [-0.3, -0.25) is 9.59 Å². The van der Waals surface area contributed by atoms with Crippen LogP contribution in [-0.2, 0) is 25.7 Å². The fraction of sp³-hybridized carbons (Fsp3) is 0.321. The van der Waals surface area contributed by atoms with E-state index >= 15 is 0 Å². The molecule has 38 heavy (non-hydrogen) atoms. The van der Waals surface area contributed by atoms with Crippen LogP contribution in [0.5, 0.6) is 0 Å². The van der Waals surface area contributed by atoms with E-state index in [0.29, 0.717) is 22.9 Å². The van der Waals surface area contributed by atoms with Crippen LogP contribution in [0, 0.1) is 5.21 Å². The highest BCUT2D eigenvalue weighted by molar-refractivity contribution is 7.99. The van der Waals surface area contributed by atoms with Crippen LogP contribution < -0.4 is 10.0 Å². The van der Waals surface area contributed by atoms with Crippen molar-refractivity contribution in [2.24, 2.45) is 0 Å². The highest BCUT2D eigenvalue weighted by Crippen LogP contribution is 2.39. The fourth-order valence-electron chi connectivity index (χ4n) is 4.11. The Morgan fingerprint density at radius 1 is 1.03 bits per heavy atom. The van der Waals surface area contributed by atoms with Crippen molar-refractivity contribution >= 4 is 29.3 Å². The van der Waals surface area contributed by atoms with Gasteiger partial charge in [-0.2, -0.15) is 4.73 Å². The predicted octanol–water partition coefficient (Wildman–Crippen LogP) is 4.34. The van der Waals surface area contributed by atoms with E-state index in [0.717, 1.165) is 21.4 Å². The van der Waals surface area contributed by atoms with Crippen LogP contribution in [0.4, 0.5) is 5.69 Å². The quantitative estimate of drug-likeness (QED) is 0.187. The Kier molecular flexibility index (Phi) is 9.72. The third-order valence-corrected chi connectivity index (χ3v) is 7.21. The molecule has 3 atom stereocenters. The third-order valence-electron chi connectivity index (χ3n) is 6.06. The molecular weight excluding hydrogens is 508 g/mol. The molecule has 0 unspecified atom stereocenters. The molecule has 1 aromatic heterocycles. The number of rotatable bonds is 11. The van der Waals surface area contributed by atoms with Gasteiger partial charge in [0, 0.05) is 48.4 Å². The number of carboxylic acid groups (broad SMARTS) is 1. The van der Waals surface area contributed by atoms with E-state index in [1.807, 2.05) is 36.4 Å². The molecule has 3 aromatic rings. The third kappa shape index (κ3) is 7.78. The van der Waals surface area contributed by atoms with Gasteiger partial charge in [-0.25, -0.2) is 0 Å². The lowest BCUT2D eigenvalue weighted by Crippen LogP contribution is -2.32. The number of ether oxygens (including phenoxy) is 2. The number of aliphatic carboxylic acids is 1. The van der Waals surface area contributed by atoms with Crippen LogP contribution in [0.3, 0.4) is 0 Å². The SMILES string of the molecule is O=C(O)CCCC(=O)Nc1cccc([C@@H]2O[C@H](CSc3cccc[n+]3[O-])C[C@H](c3ccc(CO)cc3)O2)c1. The number of carbonyl (C=O) groups is 2. The van der Waals surface area contributed by atoms with Gasteiger partial charge in [-0.1, -0.05) is 48.2 Å². The van der Waals surface area contributed by atoms with Crippen molar-refractivity contribution in [3.05, 3.63) is 94.8 Å². The molecule has 10 heteroatoms. The smallest absolute Gasteiger partial charge is 0.303 e. The maximum atomic E-state index is 12.3. The summed E-state index contributed by atoms with van der Waals surface area (Å²) in [6.45, 7) is -0.0438. The number of aromatic nitrogens is 1. The van der Waals surface area contributed by atoms with Crippen molar-refractivity contribution < 1.29 is 34.0 Å². The average molecular weight is 539 g/mol. The van der Waals surface area contributed by atoms with Crippen LogP contribution in [0.2, 0.25) is 0 Å². The summed E-state index contributed by atoms with van der Waals surface area (Å²) < 4.78 is 13.5. The predicted molar refractivity (Wildman–Crippen MR) is 141 cm³/mol. The van der Waals surface area contributed by atoms with Crippen molar-refractivity contribution in [3.63, 3.8) is 0 Å². The second kappa shape index (κ2) is 13.4. The molecule has 1 amide bonds. The summed E-state index contributed by atoms with van der Waals surface area (Å²) in [5.74, 6) is -0.659. The summed E-state index contributed by atoms with van der Waals surface area (Å²) in [5, 5.41) is 33.7. The Morgan fingerprint density at radius 2 is 1.84 bits per heavy atom. The minimum Gasteiger partial charge on any atom is -0.618 e. The van der Waals surface area contributed by atoms with Crippen LogP contribution in [0.25, 0.3) is 0 Å². The fourth-order valence-corrected chi connectivity index (χ4v) is 5.05. The van der Waals surface area contributed by atoms with E-state index in [9.17, 15) is 19.9 Å². The summed E-state index contributed by atoms with van der Waals surface area (Å²) in [7, 11) is 0. The monoisotopic (exact) mass is 538 g/mol. The molecule has 1 aliphatic heterocycles. The molecule has 0 saturated carbocycles. The van der Waals surface area contributed by atoms with E-state index in [-0.39, 0.29) is 44.0 Å². The summed E-state index contributed by atoms with van der Waals surface area (Å²) in [6, 6.07) is 20.0. The van der Waals surface area contributed by atoms with Crippen molar-refractivity contribution in [2.45, 2.75) is 55.8 Å². The molecule has 3 N–H and O–H groups in total.